The van der Waals surface area contributed by atoms with Crippen molar-refractivity contribution in [2.75, 3.05) is 13.2 Å². The first-order valence-electron chi connectivity index (χ1n) is 7.17. The van der Waals surface area contributed by atoms with Crippen LogP contribution in [0.5, 0.6) is 11.5 Å². The summed E-state index contributed by atoms with van der Waals surface area (Å²) in [6.45, 7) is 1.09. The molecule has 0 unspecified atom stereocenters. The van der Waals surface area contributed by atoms with Gasteiger partial charge in [-0.3, -0.25) is 0 Å². The summed E-state index contributed by atoms with van der Waals surface area (Å²) < 4.78 is 14.2. The van der Waals surface area contributed by atoms with Gasteiger partial charge in [0, 0.05) is 3.57 Å². The molecule has 110 valence electrons. The second kappa shape index (κ2) is 8.04. The molecule has 2 aromatic carbocycles. The number of halogens is 2. The van der Waals surface area contributed by atoms with E-state index in [0.717, 1.165) is 15.1 Å². The van der Waals surface area contributed by atoms with Gasteiger partial charge in [-0.1, -0.05) is 29.7 Å². The van der Waals surface area contributed by atoms with Crippen LogP contribution in [0.15, 0.2) is 24.3 Å². The number of benzene rings is 2. The lowest BCUT2D eigenvalue weighted by Crippen LogP contribution is -2.24. The third-order valence-corrected chi connectivity index (χ3v) is 4.80. The Labute approximate surface area is 163 Å². The van der Waals surface area contributed by atoms with Gasteiger partial charge >= 0.3 is 0 Å². The van der Waals surface area contributed by atoms with Gasteiger partial charge in [0.2, 0.25) is 0 Å². The monoisotopic (exact) mass is 514 g/mol. The maximum absolute atomic E-state index is 5.92. The van der Waals surface area contributed by atoms with Gasteiger partial charge < -0.3 is 9.47 Å². The van der Waals surface area contributed by atoms with Crippen LogP contribution in [0.25, 0.3) is 0 Å². The minimum Gasteiger partial charge on any atom is -0.491 e. The van der Waals surface area contributed by atoms with E-state index in [4.69, 9.17) is 9.47 Å². The highest BCUT2D eigenvalue weighted by atomic mass is 127. The zero-order valence-corrected chi connectivity index (χ0v) is 17.6. The van der Waals surface area contributed by atoms with Crippen LogP contribution >= 0.6 is 45.2 Å². The van der Waals surface area contributed by atoms with Gasteiger partial charge in [-0.15, -0.1) is 0 Å². The van der Waals surface area contributed by atoms with Crippen molar-refractivity contribution in [1.82, 2.24) is 0 Å². The van der Waals surface area contributed by atoms with E-state index in [1.54, 1.807) is 0 Å². The second-order valence-electron chi connectivity index (χ2n) is 5.46. The van der Waals surface area contributed by atoms with E-state index in [1.807, 2.05) is 0 Å². The molecule has 2 rings (SSSR count). The Bertz CT molecular complexity index is 589. The van der Waals surface area contributed by atoms with Crippen molar-refractivity contribution in [2.24, 2.45) is 0 Å². The molecule has 0 saturated carbocycles. The molecule has 22 heavy (non-hydrogen) atoms. The summed E-state index contributed by atoms with van der Waals surface area (Å²) in [6.07, 6.45) is 0. The average molecular weight is 513 g/mol. The summed E-state index contributed by atoms with van der Waals surface area (Å²) >= 11 is 4.65. The van der Waals surface area contributed by atoms with Gasteiger partial charge in [0.25, 0.3) is 0 Å². The SMILES string of the molecule is Bc1cc(B)c(OCCOc2c(B)cc(I)cc2B)c(I)c1. The van der Waals surface area contributed by atoms with Crippen LogP contribution < -0.4 is 31.3 Å². The first-order valence-corrected chi connectivity index (χ1v) is 9.33. The molecule has 0 bridgehead atoms. The second-order valence-corrected chi connectivity index (χ2v) is 7.87. The maximum atomic E-state index is 5.92. The highest BCUT2D eigenvalue weighted by Crippen LogP contribution is 2.16. The van der Waals surface area contributed by atoms with E-state index in [9.17, 15) is 0 Å². The van der Waals surface area contributed by atoms with E-state index in [-0.39, 0.29) is 0 Å². The Kier molecular flexibility index (Phi) is 6.61. The lowest BCUT2D eigenvalue weighted by atomic mass is 9.86. The Morgan fingerprint density at radius 2 is 1.23 bits per heavy atom. The Hall–Kier alpha value is -0.240. The molecular formula is C14H16B4I2O2. The molecule has 0 spiro atoms. The normalized spacial score (nSPS) is 10.5. The molecule has 0 radical (unpaired) electrons. The van der Waals surface area contributed by atoms with Crippen molar-refractivity contribution in [3.05, 3.63) is 31.4 Å². The van der Waals surface area contributed by atoms with Crippen molar-refractivity contribution in [3.63, 3.8) is 0 Å². The van der Waals surface area contributed by atoms with Gasteiger partial charge in [0.05, 0.1) is 3.57 Å². The molecule has 0 aliphatic carbocycles. The smallest absolute Gasteiger partial charge is 0.144 e. The molecule has 2 nitrogen and oxygen atoms in total. The highest BCUT2D eigenvalue weighted by Gasteiger charge is 2.08. The zero-order chi connectivity index (χ0) is 16.3. The molecule has 0 saturated heterocycles. The molecule has 0 heterocycles. The van der Waals surface area contributed by atoms with E-state index in [2.05, 4.69) is 101 Å². The van der Waals surface area contributed by atoms with E-state index < -0.39 is 0 Å². The maximum Gasteiger partial charge on any atom is 0.144 e. The summed E-state index contributed by atoms with van der Waals surface area (Å²) in [5, 5.41) is 0. The largest absolute Gasteiger partial charge is 0.491 e. The lowest BCUT2D eigenvalue weighted by molar-refractivity contribution is 0.219. The topological polar surface area (TPSA) is 18.5 Å². The Morgan fingerprint density at radius 1 is 0.727 bits per heavy atom. The van der Waals surface area contributed by atoms with E-state index >= 15 is 0 Å². The highest BCUT2D eigenvalue weighted by molar-refractivity contribution is 14.1. The van der Waals surface area contributed by atoms with Gasteiger partial charge in [-0.2, -0.15) is 0 Å². The van der Waals surface area contributed by atoms with Gasteiger partial charge in [0.1, 0.15) is 56.1 Å². The molecule has 8 heteroatoms. The molecule has 0 fully saturated rings. The lowest BCUT2D eigenvalue weighted by Gasteiger charge is -2.15. The summed E-state index contributed by atoms with van der Waals surface area (Å²) in [6, 6.07) is 8.55. The van der Waals surface area contributed by atoms with E-state index in [0.29, 0.717) is 13.2 Å². The van der Waals surface area contributed by atoms with Crippen LogP contribution in [0, 0.1) is 7.14 Å². The predicted octanol–water partition coefficient (Wildman–Crippen LogP) is -2.61. The number of rotatable bonds is 5. The minimum atomic E-state index is 0.546. The van der Waals surface area contributed by atoms with Crippen LogP contribution in [0.3, 0.4) is 0 Å². The third kappa shape index (κ3) is 4.63. The molecule has 0 amide bonds. The fraction of sp³-hybridized carbons (Fsp3) is 0.143. The van der Waals surface area contributed by atoms with E-state index in [1.165, 1.54) is 25.4 Å². The fourth-order valence-electron chi connectivity index (χ4n) is 2.50. The number of ether oxygens (including phenoxy) is 2. The van der Waals surface area contributed by atoms with Crippen molar-refractivity contribution >= 4 is 98.4 Å². The predicted molar refractivity (Wildman–Crippen MR) is 122 cm³/mol. The minimum absolute atomic E-state index is 0.546. The van der Waals surface area contributed by atoms with Crippen molar-refractivity contribution in [3.8, 4) is 11.5 Å². The van der Waals surface area contributed by atoms with Gasteiger partial charge in [0.15, 0.2) is 0 Å². The quantitative estimate of drug-likeness (QED) is 0.248. The van der Waals surface area contributed by atoms with Crippen LogP contribution in [0.4, 0.5) is 0 Å². The van der Waals surface area contributed by atoms with Crippen molar-refractivity contribution < 1.29 is 9.47 Å². The van der Waals surface area contributed by atoms with Crippen LogP contribution in [0.1, 0.15) is 0 Å². The molecule has 2 aromatic rings. The van der Waals surface area contributed by atoms with Crippen LogP contribution in [-0.4, -0.2) is 44.6 Å². The molecule has 0 aliphatic heterocycles. The molecule has 0 aromatic heterocycles. The summed E-state index contributed by atoms with van der Waals surface area (Å²) in [7, 11) is 8.35. The van der Waals surface area contributed by atoms with Crippen molar-refractivity contribution in [1.29, 1.82) is 0 Å². The molecular weight excluding hydrogens is 497 g/mol. The molecule has 0 N–H and O–H groups in total. The molecule has 0 aliphatic rings. The number of hydrogen-bond donors (Lipinski definition) is 0. The first-order chi connectivity index (χ1) is 10.4. The van der Waals surface area contributed by atoms with Crippen molar-refractivity contribution in [2.45, 2.75) is 0 Å². The summed E-state index contributed by atoms with van der Waals surface area (Å²) in [5.74, 6) is 1.94. The summed E-state index contributed by atoms with van der Waals surface area (Å²) in [5.41, 5.74) is 4.78. The first kappa shape index (κ1) is 18.1. The van der Waals surface area contributed by atoms with Crippen LogP contribution in [0.2, 0.25) is 0 Å². The zero-order valence-electron chi connectivity index (χ0n) is 13.3. The Balaban J connectivity index is 1.96. The third-order valence-electron chi connectivity index (χ3n) is 3.37. The molecule has 0 atom stereocenters. The summed E-state index contributed by atoms with van der Waals surface area (Å²) in [4.78, 5) is 0. The van der Waals surface area contributed by atoms with Gasteiger partial charge in [-0.05, 0) is 61.6 Å². The fourth-order valence-corrected chi connectivity index (χ4v) is 4.50. The average Bonchev–Trinajstić information content (AvgIpc) is 2.38. The standard InChI is InChI=1S/C14H16B4I2O2/c15-7-3-9(16)14(12(20)4-7)22-2-1-21-13-10(17)5-8(19)6-11(13)18/h3-6H,1-2,15-18H2. The van der Waals surface area contributed by atoms with Crippen LogP contribution in [-0.2, 0) is 0 Å². The van der Waals surface area contributed by atoms with Gasteiger partial charge in [-0.25, -0.2) is 0 Å². The Morgan fingerprint density at radius 3 is 1.77 bits per heavy atom. The number of hydrogen-bond acceptors (Lipinski definition) is 2.